The Balaban J connectivity index is 1.73. The lowest BCUT2D eigenvalue weighted by Crippen LogP contribution is -2.35. The van der Waals surface area contributed by atoms with Crippen molar-refractivity contribution in [2.45, 2.75) is 18.9 Å². The van der Waals surface area contributed by atoms with E-state index >= 15 is 0 Å². The molecule has 0 unspecified atom stereocenters. The van der Waals surface area contributed by atoms with E-state index in [1.165, 1.54) is 0 Å². The molecule has 1 fully saturated rings. The van der Waals surface area contributed by atoms with Gasteiger partial charge in [-0.05, 0) is 31.0 Å². The predicted molar refractivity (Wildman–Crippen MR) is 73.9 cm³/mol. The van der Waals surface area contributed by atoms with Crippen LogP contribution >= 0.6 is 23.2 Å². The van der Waals surface area contributed by atoms with Gasteiger partial charge < -0.3 is 14.8 Å². The van der Waals surface area contributed by atoms with Crippen molar-refractivity contribution in [3.63, 3.8) is 0 Å². The smallest absolute Gasteiger partial charge is 0.258 e. The summed E-state index contributed by atoms with van der Waals surface area (Å²) in [6.45, 7) is 1.24. The Morgan fingerprint density at radius 2 is 2.11 bits per heavy atom. The third-order valence-corrected chi connectivity index (χ3v) is 3.19. The van der Waals surface area contributed by atoms with Gasteiger partial charge in [0.15, 0.2) is 6.61 Å². The van der Waals surface area contributed by atoms with Crippen LogP contribution in [0.2, 0.25) is 10.0 Å². The van der Waals surface area contributed by atoms with Gasteiger partial charge in [0.05, 0.1) is 6.10 Å². The Morgan fingerprint density at radius 1 is 1.37 bits per heavy atom. The molecule has 104 valence electrons. The summed E-state index contributed by atoms with van der Waals surface area (Å²) < 4.78 is 10.7. The minimum Gasteiger partial charge on any atom is -0.484 e. The average Bonchev–Trinajstić information content (AvgIpc) is 2.86. The molecule has 19 heavy (non-hydrogen) atoms. The topological polar surface area (TPSA) is 47.6 Å². The fourth-order valence-electron chi connectivity index (χ4n) is 1.84. The van der Waals surface area contributed by atoms with Crippen molar-refractivity contribution in [3.8, 4) is 5.75 Å². The molecule has 1 atom stereocenters. The van der Waals surface area contributed by atoms with Gasteiger partial charge in [-0.3, -0.25) is 4.79 Å². The highest BCUT2D eigenvalue weighted by atomic mass is 35.5. The Bertz CT molecular complexity index is 427. The number of hydrogen-bond donors (Lipinski definition) is 1. The maximum atomic E-state index is 11.6. The van der Waals surface area contributed by atoms with E-state index in [0.717, 1.165) is 19.4 Å². The minimum absolute atomic E-state index is 0.0661. The molecule has 0 spiro atoms. The van der Waals surface area contributed by atoms with Crippen molar-refractivity contribution in [2.75, 3.05) is 19.8 Å². The van der Waals surface area contributed by atoms with Gasteiger partial charge in [0, 0.05) is 23.2 Å². The molecule has 0 aliphatic carbocycles. The van der Waals surface area contributed by atoms with E-state index < -0.39 is 0 Å². The summed E-state index contributed by atoms with van der Waals surface area (Å²) in [5, 5.41) is 3.72. The second-order valence-electron chi connectivity index (χ2n) is 4.33. The van der Waals surface area contributed by atoms with Crippen molar-refractivity contribution >= 4 is 29.1 Å². The van der Waals surface area contributed by atoms with E-state index in [1.807, 2.05) is 0 Å². The van der Waals surface area contributed by atoms with Gasteiger partial charge in [0.25, 0.3) is 5.91 Å². The molecule has 1 aliphatic heterocycles. The highest BCUT2D eigenvalue weighted by Gasteiger charge is 2.16. The highest BCUT2D eigenvalue weighted by Crippen LogP contribution is 2.24. The van der Waals surface area contributed by atoms with E-state index in [9.17, 15) is 4.79 Å². The monoisotopic (exact) mass is 303 g/mol. The molecule has 0 bridgehead atoms. The normalized spacial score (nSPS) is 18.3. The fourth-order valence-corrected chi connectivity index (χ4v) is 2.35. The largest absolute Gasteiger partial charge is 0.484 e. The quantitative estimate of drug-likeness (QED) is 0.910. The van der Waals surface area contributed by atoms with Crippen LogP contribution in [0.5, 0.6) is 5.75 Å². The molecule has 6 heteroatoms. The summed E-state index contributed by atoms with van der Waals surface area (Å²) in [5.74, 6) is 0.288. The minimum atomic E-state index is -0.188. The van der Waals surface area contributed by atoms with Gasteiger partial charge in [-0.25, -0.2) is 0 Å². The molecule has 2 rings (SSSR count). The van der Waals surface area contributed by atoms with Crippen LogP contribution in [-0.2, 0) is 9.53 Å². The van der Waals surface area contributed by atoms with E-state index in [-0.39, 0.29) is 18.6 Å². The molecule has 1 aromatic carbocycles. The number of benzene rings is 1. The Labute approximate surface area is 122 Å². The van der Waals surface area contributed by atoms with Crippen LogP contribution in [0, 0.1) is 0 Å². The summed E-state index contributed by atoms with van der Waals surface area (Å²) in [6.07, 6.45) is 2.17. The predicted octanol–water partition coefficient (Wildman–Crippen LogP) is 2.67. The number of halogens is 2. The zero-order chi connectivity index (χ0) is 13.7. The summed E-state index contributed by atoms with van der Waals surface area (Å²) in [4.78, 5) is 11.6. The fraction of sp³-hybridized carbons (Fsp3) is 0.462. The molecule has 0 radical (unpaired) electrons. The van der Waals surface area contributed by atoms with Crippen LogP contribution < -0.4 is 10.1 Å². The molecular weight excluding hydrogens is 289 g/mol. The number of carbonyl (C=O) groups excluding carboxylic acids is 1. The number of rotatable bonds is 5. The van der Waals surface area contributed by atoms with Crippen molar-refractivity contribution in [3.05, 3.63) is 28.2 Å². The first-order valence-corrected chi connectivity index (χ1v) is 6.86. The van der Waals surface area contributed by atoms with Gasteiger partial charge in [0.2, 0.25) is 0 Å². The lowest BCUT2D eigenvalue weighted by atomic mass is 10.2. The van der Waals surface area contributed by atoms with Gasteiger partial charge in [-0.2, -0.15) is 0 Å². The molecule has 0 aromatic heterocycles. The lowest BCUT2D eigenvalue weighted by Gasteiger charge is -2.11. The maximum absolute atomic E-state index is 11.6. The van der Waals surface area contributed by atoms with Gasteiger partial charge in [-0.1, -0.05) is 23.2 Å². The number of carbonyl (C=O) groups is 1. The van der Waals surface area contributed by atoms with Crippen LogP contribution in [0.1, 0.15) is 12.8 Å². The second kappa shape index (κ2) is 6.98. The molecular formula is C13H15Cl2NO3. The van der Waals surface area contributed by atoms with Crippen molar-refractivity contribution in [2.24, 2.45) is 0 Å². The zero-order valence-electron chi connectivity index (χ0n) is 10.3. The Kier molecular flexibility index (Phi) is 5.31. The molecule has 1 aromatic rings. The maximum Gasteiger partial charge on any atom is 0.258 e. The molecule has 1 N–H and O–H groups in total. The Hall–Kier alpha value is -0.970. The third kappa shape index (κ3) is 4.90. The number of nitrogens with one attached hydrogen (secondary N) is 1. The van der Waals surface area contributed by atoms with Gasteiger partial charge in [0.1, 0.15) is 5.75 Å². The lowest BCUT2D eigenvalue weighted by molar-refractivity contribution is -0.123. The first-order valence-electron chi connectivity index (χ1n) is 6.10. The van der Waals surface area contributed by atoms with Gasteiger partial charge >= 0.3 is 0 Å². The zero-order valence-corrected chi connectivity index (χ0v) is 11.8. The number of amides is 1. The number of ether oxygens (including phenoxy) is 2. The standard InChI is InChI=1S/C13H15Cl2NO3/c14-9-4-10(15)6-12(5-9)19-8-13(17)16-7-11-2-1-3-18-11/h4-6,11H,1-3,7-8H2,(H,16,17)/t11-/m0/s1. The summed E-state index contributed by atoms with van der Waals surface area (Å²) >= 11 is 11.7. The van der Waals surface area contributed by atoms with E-state index in [4.69, 9.17) is 32.7 Å². The SMILES string of the molecule is O=C(COc1cc(Cl)cc(Cl)c1)NC[C@@H]1CCCO1. The van der Waals surface area contributed by atoms with Crippen LogP contribution in [0.15, 0.2) is 18.2 Å². The van der Waals surface area contributed by atoms with Crippen LogP contribution in [-0.4, -0.2) is 31.8 Å². The second-order valence-corrected chi connectivity index (χ2v) is 5.21. The van der Waals surface area contributed by atoms with Crippen LogP contribution in [0.4, 0.5) is 0 Å². The Morgan fingerprint density at radius 3 is 2.74 bits per heavy atom. The molecule has 4 nitrogen and oxygen atoms in total. The summed E-state index contributed by atoms with van der Waals surface area (Å²) in [6, 6.07) is 4.83. The van der Waals surface area contributed by atoms with Crippen molar-refractivity contribution in [1.29, 1.82) is 0 Å². The van der Waals surface area contributed by atoms with Gasteiger partial charge in [-0.15, -0.1) is 0 Å². The number of hydrogen-bond acceptors (Lipinski definition) is 3. The first-order chi connectivity index (χ1) is 9.13. The molecule has 0 saturated carbocycles. The average molecular weight is 304 g/mol. The van der Waals surface area contributed by atoms with Crippen LogP contribution in [0.25, 0.3) is 0 Å². The molecule has 1 amide bonds. The van der Waals surface area contributed by atoms with E-state index in [2.05, 4.69) is 5.32 Å². The van der Waals surface area contributed by atoms with E-state index in [0.29, 0.717) is 22.3 Å². The summed E-state index contributed by atoms with van der Waals surface area (Å²) in [5.41, 5.74) is 0. The van der Waals surface area contributed by atoms with Crippen molar-refractivity contribution < 1.29 is 14.3 Å². The highest BCUT2D eigenvalue weighted by molar-refractivity contribution is 6.34. The van der Waals surface area contributed by atoms with Crippen molar-refractivity contribution in [1.82, 2.24) is 5.32 Å². The first kappa shape index (κ1) is 14.4. The molecule has 1 heterocycles. The van der Waals surface area contributed by atoms with Crippen LogP contribution in [0.3, 0.4) is 0 Å². The molecule has 1 saturated heterocycles. The molecule has 1 aliphatic rings. The summed E-state index contributed by atoms with van der Waals surface area (Å²) in [7, 11) is 0. The third-order valence-electron chi connectivity index (χ3n) is 2.76. The van der Waals surface area contributed by atoms with E-state index in [1.54, 1.807) is 18.2 Å².